The zero-order valence-electron chi connectivity index (χ0n) is 19.1. The lowest BCUT2D eigenvalue weighted by atomic mass is 10.1. The topological polar surface area (TPSA) is 126 Å². The summed E-state index contributed by atoms with van der Waals surface area (Å²) in [5, 5.41) is 0.583. The number of nitrogens with one attached hydrogen (secondary N) is 1. The first-order chi connectivity index (χ1) is 17.3. The molecule has 0 saturated carbocycles. The van der Waals surface area contributed by atoms with E-state index in [9.17, 15) is 18.8 Å². The average Bonchev–Trinajstić information content (AvgIpc) is 3.27. The van der Waals surface area contributed by atoms with Crippen molar-refractivity contribution < 1.29 is 23.4 Å². The number of hydrogen-bond donors (Lipinski definition) is 2. The van der Waals surface area contributed by atoms with Crippen LogP contribution in [0.1, 0.15) is 23.8 Å². The quantitative estimate of drug-likeness (QED) is 0.417. The number of H-pyrrole nitrogens is 1. The SMILES string of the molecule is N[C@@H](Cc1ccccc1)C(=O)OC[C@H]1O[C@@H](n2cc(F)c(=O)[nH]c2=O)C[C@@H]1OCc1ccc(Cl)cc1. The van der Waals surface area contributed by atoms with E-state index >= 15 is 0 Å². The largest absolute Gasteiger partial charge is 0.462 e. The summed E-state index contributed by atoms with van der Waals surface area (Å²) in [5.74, 6) is -1.74. The van der Waals surface area contributed by atoms with Gasteiger partial charge in [-0.1, -0.05) is 54.1 Å². The highest BCUT2D eigenvalue weighted by molar-refractivity contribution is 6.30. The number of benzene rings is 2. The minimum absolute atomic E-state index is 0.150. The van der Waals surface area contributed by atoms with E-state index in [2.05, 4.69) is 0 Å². The number of nitrogens with zero attached hydrogens (tertiary/aromatic N) is 1. The molecule has 11 heteroatoms. The highest BCUT2D eigenvalue weighted by Crippen LogP contribution is 2.31. The zero-order chi connectivity index (χ0) is 25.7. The maximum Gasteiger partial charge on any atom is 0.330 e. The molecule has 9 nitrogen and oxygen atoms in total. The van der Waals surface area contributed by atoms with Crippen molar-refractivity contribution in [2.24, 2.45) is 5.73 Å². The summed E-state index contributed by atoms with van der Waals surface area (Å²) >= 11 is 5.93. The lowest BCUT2D eigenvalue weighted by Crippen LogP contribution is -2.38. The number of ether oxygens (including phenoxy) is 3. The summed E-state index contributed by atoms with van der Waals surface area (Å²) < 4.78 is 32.1. The summed E-state index contributed by atoms with van der Waals surface area (Å²) in [5.41, 5.74) is 5.79. The van der Waals surface area contributed by atoms with Crippen LogP contribution in [0.5, 0.6) is 0 Å². The predicted molar refractivity (Wildman–Crippen MR) is 129 cm³/mol. The molecule has 4 atom stereocenters. The molecule has 1 aliphatic heterocycles. The van der Waals surface area contributed by atoms with Crippen molar-refractivity contribution in [1.29, 1.82) is 0 Å². The normalized spacial score (nSPS) is 20.2. The van der Waals surface area contributed by atoms with Crippen LogP contribution in [-0.2, 0) is 32.0 Å². The van der Waals surface area contributed by atoms with Crippen molar-refractivity contribution in [3.05, 3.63) is 104 Å². The van der Waals surface area contributed by atoms with Gasteiger partial charge in [-0.3, -0.25) is 19.1 Å². The molecule has 4 rings (SSSR count). The maximum atomic E-state index is 13.8. The minimum Gasteiger partial charge on any atom is -0.462 e. The van der Waals surface area contributed by atoms with Crippen molar-refractivity contribution in [2.75, 3.05) is 6.61 Å². The molecular formula is C25H25ClFN3O6. The Morgan fingerprint density at radius 2 is 1.89 bits per heavy atom. The van der Waals surface area contributed by atoms with Crippen LogP contribution in [0.3, 0.4) is 0 Å². The van der Waals surface area contributed by atoms with E-state index in [0.717, 1.165) is 21.9 Å². The molecule has 0 amide bonds. The van der Waals surface area contributed by atoms with Crippen LogP contribution in [0.2, 0.25) is 5.02 Å². The van der Waals surface area contributed by atoms with Gasteiger partial charge in [0.25, 0.3) is 5.56 Å². The number of aromatic amines is 1. The average molecular weight is 518 g/mol. The molecule has 0 aliphatic carbocycles. The molecule has 2 aromatic carbocycles. The summed E-state index contributed by atoms with van der Waals surface area (Å²) in [6.45, 7) is 0.00839. The lowest BCUT2D eigenvalue weighted by molar-refractivity contribution is -0.152. The molecule has 2 heterocycles. The molecule has 190 valence electrons. The van der Waals surface area contributed by atoms with Crippen LogP contribution < -0.4 is 17.0 Å². The number of carbonyl (C=O) groups excluding carboxylic acids is 1. The number of carbonyl (C=O) groups is 1. The van der Waals surface area contributed by atoms with Gasteiger partial charge in [-0.15, -0.1) is 0 Å². The van der Waals surface area contributed by atoms with E-state index in [4.69, 9.17) is 31.5 Å². The molecule has 0 spiro atoms. The lowest BCUT2D eigenvalue weighted by Gasteiger charge is -2.20. The monoisotopic (exact) mass is 517 g/mol. The number of hydrogen-bond acceptors (Lipinski definition) is 7. The van der Waals surface area contributed by atoms with Gasteiger partial charge in [0.2, 0.25) is 5.82 Å². The van der Waals surface area contributed by atoms with Gasteiger partial charge in [-0.2, -0.15) is 4.39 Å². The second-order valence-electron chi connectivity index (χ2n) is 8.41. The third-order valence-corrected chi connectivity index (χ3v) is 6.04. The number of halogens is 2. The molecule has 3 N–H and O–H groups in total. The fraction of sp³-hybridized carbons (Fsp3) is 0.320. The molecule has 36 heavy (non-hydrogen) atoms. The van der Waals surface area contributed by atoms with Crippen LogP contribution in [0.4, 0.5) is 4.39 Å². The summed E-state index contributed by atoms with van der Waals surface area (Å²) in [6, 6.07) is 15.5. The Hall–Kier alpha value is -3.31. The first-order valence-corrected chi connectivity index (χ1v) is 11.7. The van der Waals surface area contributed by atoms with Gasteiger partial charge in [0, 0.05) is 11.4 Å². The Morgan fingerprint density at radius 1 is 1.17 bits per heavy atom. The van der Waals surface area contributed by atoms with Gasteiger partial charge in [0.1, 0.15) is 25.0 Å². The third kappa shape index (κ3) is 6.46. The van der Waals surface area contributed by atoms with Crippen LogP contribution in [0, 0.1) is 5.82 Å². The van der Waals surface area contributed by atoms with Crippen molar-refractivity contribution in [2.45, 2.75) is 43.9 Å². The molecule has 1 fully saturated rings. The van der Waals surface area contributed by atoms with Gasteiger partial charge in [0.15, 0.2) is 0 Å². The van der Waals surface area contributed by atoms with Crippen molar-refractivity contribution in [3.8, 4) is 0 Å². The van der Waals surface area contributed by atoms with Crippen molar-refractivity contribution >= 4 is 17.6 Å². The first-order valence-electron chi connectivity index (χ1n) is 11.3. The van der Waals surface area contributed by atoms with E-state index in [1.807, 2.05) is 35.3 Å². The summed E-state index contributed by atoms with van der Waals surface area (Å²) in [7, 11) is 0. The molecule has 0 bridgehead atoms. The van der Waals surface area contributed by atoms with Crippen molar-refractivity contribution in [1.82, 2.24) is 9.55 Å². The minimum atomic E-state index is -1.13. The Morgan fingerprint density at radius 3 is 2.61 bits per heavy atom. The zero-order valence-corrected chi connectivity index (χ0v) is 19.9. The molecule has 1 saturated heterocycles. The van der Waals surface area contributed by atoms with Crippen LogP contribution in [-0.4, -0.2) is 40.4 Å². The predicted octanol–water partition coefficient (Wildman–Crippen LogP) is 2.32. The molecule has 1 aliphatic rings. The van der Waals surface area contributed by atoms with E-state index in [1.165, 1.54) is 0 Å². The molecule has 1 aromatic heterocycles. The van der Waals surface area contributed by atoms with E-state index in [0.29, 0.717) is 11.4 Å². The number of nitrogens with two attached hydrogens (primary N) is 1. The Bertz CT molecular complexity index is 1300. The molecule has 0 radical (unpaired) electrons. The van der Waals surface area contributed by atoms with E-state index in [-0.39, 0.29) is 19.6 Å². The van der Waals surface area contributed by atoms with Crippen LogP contribution in [0.25, 0.3) is 0 Å². The summed E-state index contributed by atoms with van der Waals surface area (Å²) in [4.78, 5) is 38.1. The third-order valence-electron chi connectivity index (χ3n) is 5.78. The number of rotatable bonds is 9. The smallest absolute Gasteiger partial charge is 0.330 e. The van der Waals surface area contributed by atoms with Crippen LogP contribution >= 0.6 is 11.6 Å². The number of aromatic nitrogens is 2. The highest BCUT2D eigenvalue weighted by Gasteiger charge is 2.39. The van der Waals surface area contributed by atoms with Crippen LogP contribution in [0.15, 0.2) is 70.4 Å². The van der Waals surface area contributed by atoms with Gasteiger partial charge in [-0.25, -0.2) is 4.79 Å². The van der Waals surface area contributed by atoms with E-state index < -0.39 is 47.5 Å². The van der Waals surface area contributed by atoms with Gasteiger partial charge in [-0.05, 0) is 29.7 Å². The standard InChI is InChI=1S/C25H25ClFN3O6/c26-17-8-6-16(7-9-17)13-34-20-11-22(30-12-18(27)23(31)29-25(30)33)36-21(20)14-35-24(32)19(28)10-15-4-2-1-3-5-15/h1-9,12,19-22H,10-11,13-14,28H2,(H,29,31,33)/t19-,20-,21+,22+/m0/s1. The van der Waals surface area contributed by atoms with Gasteiger partial charge >= 0.3 is 11.7 Å². The number of esters is 1. The van der Waals surface area contributed by atoms with Gasteiger partial charge in [0.05, 0.1) is 18.9 Å². The Kier molecular flexibility index (Phi) is 8.32. The summed E-state index contributed by atoms with van der Waals surface area (Å²) in [6.07, 6.45) is -1.08. The maximum absolute atomic E-state index is 13.8. The highest BCUT2D eigenvalue weighted by atomic mass is 35.5. The molecular weight excluding hydrogens is 493 g/mol. The second kappa shape index (κ2) is 11.6. The fourth-order valence-corrected chi connectivity index (χ4v) is 4.00. The molecule has 0 unspecified atom stereocenters. The van der Waals surface area contributed by atoms with Crippen molar-refractivity contribution in [3.63, 3.8) is 0 Å². The Balaban J connectivity index is 1.44. The van der Waals surface area contributed by atoms with Gasteiger partial charge < -0.3 is 19.9 Å². The molecule has 3 aromatic rings. The Labute approximate surface area is 210 Å². The first kappa shape index (κ1) is 25.8. The second-order valence-corrected chi connectivity index (χ2v) is 8.85. The fourth-order valence-electron chi connectivity index (χ4n) is 3.88. The van der Waals surface area contributed by atoms with E-state index in [1.54, 1.807) is 24.3 Å².